The molecule has 0 radical (unpaired) electrons. The summed E-state index contributed by atoms with van der Waals surface area (Å²) in [4.78, 5) is 23.3. The third-order valence-corrected chi connectivity index (χ3v) is 5.31. The quantitative estimate of drug-likeness (QED) is 0.767. The van der Waals surface area contributed by atoms with E-state index in [2.05, 4.69) is 15.3 Å². The Kier molecular flexibility index (Phi) is 5.85. The van der Waals surface area contributed by atoms with Crippen LogP contribution < -0.4 is 10.1 Å². The molecule has 8 heteroatoms. The Labute approximate surface area is 157 Å². The van der Waals surface area contributed by atoms with E-state index in [1.165, 1.54) is 11.3 Å². The molecule has 0 spiro atoms. The highest BCUT2D eigenvalue weighted by atomic mass is 32.1. The molecule has 3 rings (SSSR count). The smallest absolute Gasteiger partial charge is 0.271 e. The first kappa shape index (κ1) is 18.8. The van der Waals surface area contributed by atoms with Crippen molar-refractivity contribution in [2.24, 2.45) is 5.92 Å². The van der Waals surface area contributed by atoms with Crippen LogP contribution in [0, 0.1) is 5.92 Å². The maximum atomic E-state index is 12.7. The number of aromatic nitrogens is 2. The number of ether oxygens (including phenoxy) is 1. The molecule has 0 aliphatic heterocycles. The van der Waals surface area contributed by atoms with Gasteiger partial charge in [-0.1, -0.05) is 0 Å². The Morgan fingerprint density at radius 1 is 1.46 bits per heavy atom. The fraction of sp³-hybridized carbons (Fsp3) is 0.500. The fourth-order valence-electron chi connectivity index (χ4n) is 3.07. The van der Waals surface area contributed by atoms with Gasteiger partial charge in [-0.25, -0.2) is 4.98 Å². The number of thiazole rings is 1. The molecule has 140 valence electrons. The molecule has 1 fully saturated rings. The molecule has 0 aromatic carbocycles. The third-order valence-electron chi connectivity index (χ3n) is 4.47. The average Bonchev–Trinajstić information content (AvgIpc) is 3.05. The van der Waals surface area contributed by atoms with Crippen LogP contribution >= 0.6 is 11.3 Å². The highest BCUT2D eigenvalue weighted by Gasteiger charge is 2.36. The second-order valence-corrected chi connectivity index (χ2v) is 7.80. The molecule has 2 N–H and O–H groups in total. The first-order valence-electron chi connectivity index (χ1n) is 8.53. The minimum Gasteiger partial charge on any atom is -0.495 e. The van der Waals surface area contributed by atoms with Crippen molar-refractivity contribution >= 4 is 17.2 Å². The minimum absolute atomic E-state index is 0.169. The van der Waals surface area contributed by atoms with Crippen molar-refractivity contribution in [3.05, 3.63) is 40.1 Å². The number of nitrogens with one attached hydrogen (secondary N) is 1. The van der Waals surface area contributed by atoms with Crippen LogP contribution in [0.2, 0.25) is 0 Å². The van der Waals surface area contributed by atoms with Gasteiger partial charge in [0.1, 0.15) is 16.5 Å². The van der Waals surface area contributed by atoms with E-state index in [9.17, 15) is 9.90 Å². The van der Waals surface area contributed by atoms with Crippen molar-refractivity contribution < 1.29 is 14.6 Å². The number of aliphatic hydroxyl groups excluding tert-OH is 1. The lowest BCUT2D eigenvalue weighted by molar-refractivity contribution is 0.0234. The second-order valence-electron chi connectivity index (χ2n) is 6.86. The molecule has 1 saturated carbocycles. The standard InChI is InChI=1S/C18H24N4O3S/c1-22(2)9-16-20-15(10-26-16)18(24)21-17(11-4-13(23)5-11)12-6-14(25-3)8-19-7-12/h6-8,10-11,13,17,23H,4-5,9H2,1-3H3,(H,21,24)/t11?,13?,17-/m1/s1. The van der Waals surface area contributed by atoms with Crippen LogP contribution in [-0.2, 0) is 6.54 Å². The summed E-state index contributed by atoms with van der Waals surface area (Å²) < 4.78 is 5.25. The molecule has 2 aromatic rings. The van der Waals surface area contributed by atoms with Gasteiger partial charge in [0.05, 0.1) is 25.5 Å². The number of amides is 1. The van der Waals surface area contributed by atoms with E-state index >= 15 is 0 Å². The SMILES string of the molecule is COc1cncc([C@H](NC(=O)c2csc(CN(C)C)n2)C2CC(O)C2)c1. The van der Waals surface area contributed by atoms with E-state index in [0.29, 0.717) is 30.8 Å². The normalized spacial score (nSPS) is 20.5. The third kappa shape index (κ3) is 4.38. The predicted molar refractivity (Wildman–Crippen MR) is 99.2 cm³/mol. The fourth-order valence-corrected chi connectivity index (χ4v) is 3.96. The van der Waals surface area contributed by atoms with Gasteiger partial charge in [-0.3, -0.25) is 9.78 Å². The van der Waals surface area contributed by atoms with Crippen LogP contribution in [-0.4, -0.2) is 53.2 Å². The van der Waals surface area contributed by atoms with E-state index in [1.54, 1.807) is 24.9 Å². The molecule has 2 aromatic heterocycles. The lowest BCUT2D eigenvalue weighted by Crippen LogP contribution is -2.41. The van der Waals surface area contributed by atoms with Crippen molar-refractivity contribution in [3.8, 4) is 5.75 Å². The average molecular weight is 376 g/mol. The largest absolute Gasteiger partial charge is 0.495 e. The van der Waals surface area contributed by atoms with E-state index in [0.717, 1.165) is 10.6 Å². The summed E-state index contributed by atoms with van der Waals surface area (Å²) in [7, 11) is 5.52. The van der Waals surface area contributed by atoms with E-state index in [4.69, 9.17) is 4.74 Å². The van der Waals surface area contributed by atoms with E-state index in [1.807, 2.05) is 25.1 Å². The lowest BCUT2D eigenvalue weighted by atomic mass is 9.75. The van der Waals surface area contributed by atoms with Crippen LogP contribution in [0.25, 0.3) is 0 Å². The zero-order chi connectivity index (χ0) is 18.7. The molecule has 0 bridgehead atoms. The maximum Gasteiger partial charge on any atom is 0.271 e. The Bertz CT molecular complexity index is 758. The van der Waals surface area contributed by atoms with Crippen molar-refractivity contribution in [3.63, 3.8) is 0 Å². The number of hydrogen-bond acceptors (Lipinski definition) is 7. The van der Waals surface area contributed by atoms with Crippen LogP contribution in [0.1, 0.15) is 39.9 Å². The summed E-state index contributed by atoms with van der Waals surface area (Å²) in [5, 5.41) is 15.4. The molecule has 7 nitrogen and oxygen atoms in total. The van der Waals surface area contributed by atoms with Crippen molar-refractivity contribution in [1.29, 1.82) is 0 Å². The summed E-state index contributed by atoms with van der Waals surface area (Å²) in [6, 6.07) is 1.65. The van der Waals surface area contributed by atoms with Gasteiger partial charge in [0, 0.05) is 18.1 Å². The number of hydrogen-bond donors (Lipinski definition) is 2. The first-order valence-corrected chi connectivity index (χ1v) is 9.41. The van der Waals surface area contributed by atoms with Crippen molar-refractivity contribution in [2.45, 2.75) is 31.5 Å². The highest BCUT2D eigenvalue weighted by Crippen LogP contribution is 2.38. The Morgan fingerprint density at radius 3 is 2.88 bits per heavy atom. The molecular formula is C18H24N4O3S. The Morgan fingerprint density at radius 2 is 2.23 bits per heavy atom. The molecule has 1 atom stereocenters. The van der Waals surface area contributed by atoms with Gasteiger partial charge in [-0.05, 0) is 44.5 Å². The van der Waals surface area contributed by atoms with Crippen LogP contribution in [0.3, 0.4) is 0 Å². The predicted octanol–water partition coefficient (Wildman–Crippen LogP) is 1.85. The summed E-state index contributed by atoms with van der Waals surface area (Å²) in [5.41, 5.74) is 1.30. The van der Waals surface area contributed by atoms with Gasteiger partial charge >= 0.3 is 0 Å². The van der Waals surface area contributed by atoms with Crippen molar-refractivity contribution in [1.82, 2.24) is 20.2 Å². The number of nitrogens with zero attached hydrogens (tertiary/aromatic N) is 3. The van der Waals surface area contributed by atoms with E-state index < -0.39 is 0 Å². The summed E-state index contributed by atoms with van der Waals surface area (Å²) in [5.74, 6) is 0.603. The second kappa shape index (κ2) is 8.11. The minimum atomic E-state index is -0.302. The van der Waals surface area contributed by atoms with Crippen LogP contribution in [0.4, 0.5) is 0 Å². The lowest BCUT2D eigenvalue weighted by Gasteiger charge is -2.38. The number of pyridine rings is 1. The van der Waals surface area contributed by atoms with Crippen LogP contribution in [0.5, 0.6) is 5.75 Å². The Hall–Kier alpha value is -2.03. The molecule has 1 aliphatic rings. The van der Waals surface area contributed by atoms with Gasteiger partial charge in [-0.2, -0.15) is 0 Å². The summed E-state index contributed by atoms with van der Waals surface area (Å²) in [6.45, 7) is 0.704. The topological polar surface area (TPSA) is 87.6 Å². The van der Waals surface area contributed by atoms with Crippen LogP contribution in [0.15, 0.2) is 23.8 Å². The Balaban J connectivity index is 1.77. The molecule has 1 aliphatic carbocycles. The van der Waals surface area contributed by atoms with Gasteiger partial charge in [0.25, 0.3) is 5.91 Å². The molecule has 0 unspecified atom stereocenters. The maximum absolute atomic E-state index is 12.7. The number of methoxy groups -OCH3 is 1. The number of rotatable bonds is 7. The molecular weight excluding hydrogens is 352 g/mol. The van der Waals surface area contributed by atoms with Gasteiger partial charge < -0.3 is 20.1 Å². The molecule has 26 heavy (non-hydrogen) atoms. The zero-order valence-corrected chi connectivity index (χ0v) is 16.0. The molecule has 2 heterocycles. The number of carbonyl (C=O) groups is 1. The zero-order valence-electron chi connectivity index (χ0n) is 15.2. The van der Waals surface area contributed by atoms with Crippen molar-refractivity contribution in [2.75, 3.05) is 21.2 Å². The highest BCUT2D eigenvalue weighted by molar-refractivity contribution is 7.09. The number of carbonyl (C=O) groups excluding carboxylic acids is 1. The van der Waals surface area contributed by atoms with Gasteiger partial charge in [-0.15, -0.1) is 11.3 Å². The monoisotopic (exact) mass is 376 g/mol. The summed E-state index contributed by atoms with van der Waals surface area (Å²) >= 11 is 1.48. The van der Waals surface area contributed by atoms with E-state index in [-0.39, 0.29) is 24.0 Å². The number of aliphatic hydroxyl groups is 1. The molecule has 0 saturated heterocycles. The first-order chi connectivity index (χ1) is 12.5. The summed E-state index contributed by atoms with van der Waals surface area (Å²) in [6.07, 6.45) is 4.38. The van der Waals surface area contributed by atoms with Gasteiger partial charge in [0.15, 0.2) is 0 Å². The molecule has 1 amide bonds. The van der Waals surface area contributed by atoms with Gasteiger partial charge in [0.2, 0.25) is 0 Å².